The molecule has 2 aromatic rings. The van der Waals surface area contributed by atoms with Gasteiger partial charge in [-0.1, -0.05) is 19.1 Å². The molecule has 0 fully saturated rings. The molecule has 8 heteroatoms. The minimum Gasteiger partial charge on any atom is -0.425 e. The van der Waals surface area contributed by atoms with Crippen LogP contribution in [-0.4, -0.2) is 31.5 Å². The topological polar surface area (TPSA) is 80.7 Å². The van der Waals surface area contributed by atoms with Crippen molar-refractivity contribution in [3.8, 4) is 0 Å². The van der Waals surface area contributed by atoms with Crippen LogP contribution >= 0.6 is 0 Å². The fraction of sp³-hybridized carbons (Fsp3) is 0.211. The first-order chi connectivity index (χ1) is 12.5. The lowest BCUT2D eigenvalue weighted by molar-refractivity contribution is -0.175. The van der Waals surface area contributed by atoms with Crippen molar-refractivity contribution in [3.63, 3.8) is 0 Å². The van der Waals surface area contributed by atoms with Crippen LogP contribution in [0.1, 0.15) is 24.5 Å². The van der Waals surface area contributed by atoms with Crippen molar-refractivity contribution in [2.75, 3.05) is 6.26 Å². The van der Waals surface area contributed by atoms with Gasteiger partial charge in [0.2, 0.25) is 5.79 Å². The van der Waals surface area contributed by atoms with Gasteiger partial charge in [0.1, 0.15) is 11.6 Å². The highest BCUT2D eigenvalue weighted by molar-refractivity contribution is 7.90. The SMILES string of the molecule is CCC1(O)OC(=O)C(c2cc(F)cc(F)c2)=C1c1ccc(S(C)(=O)=O)cc1. The minimum absolute atomic E-state index is 0.0107. The van der Waals surface area contributed by atoms with Gasteiger partial charge in [-0.3, -0.25) is 0 Å². The Kier molecular flexibility index (Phi) is 4.65. The van der Waals surface area contributed by atoms with Crippen molar-refractivity contribution in [1.82, 2.24) is 0 Å². The lowest BCUT2D eigenvalue weighted by Crippen LogP contribution is -2.29. The molecule has 1 heterocycles. The van der Waals surface area contributed by atoms with Crippen LogP contribution in [0.5, 0.6) is 0 Å². The predicted molar refractivity (Wildman–Crippen MR) is 94.1 cm³/mol. The van der Waals surface area contributed by atoms with E-state index in [9.17, 15) is 27.1 Å². The summed E-state index contributed by atoms with van der Waals surface area (Å²) in [6.45, 7) is 1.58. The Morgan fingerprint density at radius 2 is 1.59 bits per heavy atom. The maximum absolute atomic E-state index is 13.7. The second-order valence-electron chi connectivity index (χ2n) is 6.23. The van der Waals surface area contributed by atoms with E-state index in [1.807, 2.05) is 0 Å². The Balaban J connectivity index is 2.27. The number of halogens is 2. The number of benzene rings is 2. The molecule has 0 bridgehead atoms. The number of carbonyl (C=O) groups excluding carboxylic acids is 1. The van der Waals surface area contributed by atoms with Gasteiger partial charge in [0.05, 0.1) is 10.5 Å². The largest absolute Gasteiger partial charge is 0.425 e. The van der Waals surface area contributed by atoms with Crippen molar-refractivity contribution < 1.29 is 31.8 Å². The summed E-state index contributed by atoms with van der Waals surface area (Å²) >= 11 is 0. The third-order valence-electron chi connectivity index (χ3n) is 4.31. The monoisotopic (exact) mass is 394 g/mol. The Morgan fingerprint density at radius 3 is 2.07 bits per heavy atom. The molecule has 0 aromatic heterocycles. The van der Waals surface area contributed by atoms with Crippen molar-refractivity contribution in [2.24, 2.45) is 0 Å². The summed E-state index contributed by atoms with van der Waals surface area (Å²) in [4.78, 5) is 12.5. The lowest BCUT2D eigenvalue weighted by atomic mass is 9.90. The van der Waals surface area contributed by atoms with E-state index in [1.54, 1.807) is 6.92 Å². The van der Waals surface area contributed by atoms with Crippen LogP contribution in [0.15, 0.2) is 47.4 Å². The molecule has 0 spiro atoms. The Morgan fingerprint density at radius 1 is 1.04 bits per heavy atom. The molecule has 142 valence electrons. The van der Waals surface area contributed by atoms with Crippen LogP contribution in [0.3, 0.4) is 0 Å². The van der Waals surface area contributed by atoms with Crippen molar-refractivity contribution in [1.29, 1.82) is 0 Å². The standard InChI is InChI=1S/C19H16F2O5S/c1-3-19(23)17(11-4-6-15(7-5-11)27(2,24)25)16(18(22)26-19)12-8-13(20)10-14(21)9-12/h4-10,23H,3H2,1-2H3. The van der Waals surface area contributed by atoms with Gasteiger partial charge in [-0.15, -0.1) is 0 Å². The van der Waals surface area contributed by atoms with Gasteiger partial charge in [-0.2, -0.15) is 0 Å². The zero-order chi connectivity index (χ0) is 20.0. The molecule has 1 aliphatic rings. The number of aliphatic hydroxyl groups is 1. The van der Waals surface area contributed by atoms with Crippen LogP contribution in [0.4, 0.5) is 8.78 Å². The highest BCUT2D eigenvalue weighted by atomic mass is 32.2. The van der Waals surface area contributed by atoms with Crippen molar-refractivity contribution >= 4 is 27.0 Å². The summed E-state index contributed by atoms with van der Waals surface area (Å²) in [7, 11) is -3.44. The van der Waals surface area contributed by atoms with Gasteiger partial charge in [0.15, 0.2) is 9.84 Å². The average Bonchev–Trinajstić information content (AvgIpc) is 2.84. The van der Waals surface area contributed by atoms with E-state index in [1.165, 1.54) is 24.3 Å². The molecule has 5 nitrogen and oxygen atoms in total. The van der Waals surface area contributed by atoms with Gasteiger partial charge in [-0.05, 0) is 35.4 Å². The van der Waals surface area contributed by atoms with Crippen molar-refractivity contribution in [3.05, 3.63) is 65.2 Å². The van der Waals surface area contributed by atoms with Crippen LogP contribution in [0.2, 0.25) is 0 Å². The number of cyclic esters (lactones) is 1. The predicted octanol–water partition coefficient (Wildman–Crippen LogP) is 2.93. The maximum atomic E-state index is 13.7. The third kappa shape index (κ3) is 3.50. The quantitative estimate of drug-likeness (QED) is 0.807. The van der Waals surface area contributed by atoms with E-state index in [-0.39, 0.29) is 28.0 Å². The van der Waals surface area contributed by atoms with Crippen LogP contribution in [0, 0.1) is 11.6 Å². The normalized spacial score (nSPS) is 20.1. The summed E-state index contributed by atoms with van der Waals surface area (Å²) in [5.41, 5.74) is 0.0752. The van der Waals surface area contributed by atoms with Crippen LogP contribution < -0.4 is 0 Å². The number of hydrogen-bond acceptors (Lipinski definition) is 5. The zero-order valence-corrected chi connectivity index (χ0v) is 15.3. The number of ether oxygens (including phenoxy) is 1. The highest BCUT2D eigenvalue weighted by Crippen LogP contribution is 2.44. The molecule has 0 radical (unpaired) electrons. The molecule has 1 atom stereocenters. The molecule has 1 aliphatic heterocycles. The van der Waals surface area contributed by atoms with Gasteiger partial charge in [0.25, 0.3) is 0 Å². The molecule has 2 aromatic carbocycles. The number of carbonyl (C=O) groups is 1. The van der Waals surface area contributed by atoms with E-state index in [0.717, 1.165) is 18.4 Å². The first-order valence-electron chi connectivity index (χ1n) is 8.02. The fourth-order valence-electron chi connectivity index (χ4n) is 3.00. The Bertz CT molecular complexity index is 1040. The maximum Gasteiger partial charge on any atom is 0.342 e. The molecule has 0 aliphatic carbocycles. The molecule has 27 heavy (non-hydrogen) atoms. The number of esters is 1. The molecule has 0 amide bonds. The molecule has 0 saturated heterocycles. The van der Waals surface area contributed by atoms with E-state index in [4.69, 9.17) is 4.74 Å². The Labute approximate surface area is 154 Å². The van der Waals surface area contributed by atoms with Crippen LogP contribution in [-0.2, 0) is 19.4 Å². The molecular weight excluding hydrogens is 378 g/mol. The number of sulfone groups is 1. The average molecular weight is 394 g/mol. The molecule has 0 saturated carbocycles. The smallest absolute Gasteiger partial charge is 0.342 e. The van der Waals surface area contributed by atoms with Crippen LogP contribution in [0.25, 0.3) is 11.1 Å². The zero-order valence-electron chi connectivity index (χ0n) is 14.5. The molecular formula is C19H16F2O5S. The Hall–Kier alpha value is -2.58. The van der Waals surface area contributed by atoms with E-state index >= 15 is 0 Å². The van der Waals surface area contributed by atoms with E-state index < -0.39 is 33.2 Å². The molecule has 1 unspecified atom stereocenters. The lowest BCUT2D eigenvalue weighted by Gasteiger charge is -2.23. The summed E-state index contributed by atoms with van der Waals surface area (Å²) in [5, 5.41) is 10.8. The number of rotatable bonds is 4. The molecule has 3 rings (SSSR count). The number of hydrogen-bond donors (Lipinski definition) is 1. The summed E-state index contributed by atoms with van der Waals surface area (Å²) < 4.78 is 55.7. The summed E-state index contributed by atoms with van der Waals surface area (Å²) in [5.74, 6) is -4.69. The van der Waals surface area contributed by atoms with Gasteiger partial charge >= 0.3 is 5.97 Å². The first kappa shape index (κ1) is 19.2. The second-order valence-corrected chi connectivity index (χ2v) is 8.25. The van der Waals surface area contributed by atoms with Gasteiger partial charge in [0, 0.05) is 24.3 Å². The fourth-order valence-corrected chi connectivity index (χ4v) is 3.63. The molecule has 1 N–H and O–H groups in total. The van der Waals surface area contributed by atoms with Crippen molar-refractivity contribution in [2.45, 2.75) is 24.0 Å². The summed E-state index contributed by atoms with van der Waals surface area (Å²) in [6, 6.07) is 8.05. The summed E-state index contributed by atoms with van der Waals surface area (Å²) in [6.07, 6.45) is 1.04. The van der Waals surface area contributed by atoms with E-state index in [2.05, 4.69) is 0 Å². The van der Waals surface area contributed by atoms with Gasteiger partial charge < -0.3 is 9.84 Å². The van der Waals surface area contributed by atoms with Gasteiger partial charge in [-0.25, -0.2) is 22.0 Å². The highest BCUT2D eigenvalue weighted by Gasteiger charge is 2.46. The second kappa shape index (κ2) is 6.54. The first-order valence-corrected chi connectivity index (χ1v) is 9.92. The third-order valence-corrected chi connectivity index (χ3v) is 5.44. The minimum atomic E-state index is -3.44. The van der Waals surface area contributed by atoms with E-state index in [0.29, 0.717) is 11.6 Å².